The van der Waals surface area contributed by atoms with Gasteiger partial charge in [-0.15, -0.1) is 5.10 Å². The number of aryl methyl sites for hydroxylation is 1. The highest BCUT2D eigenvalue weighted by molar-refractivity contribution is 14.1. The summed E-state index contributed by atoms with van der Waals surface area (Å²) >= 11 is 2.31. The SMILES string of the molecule is CCCCc1nnn(Cc2ccccn2)c1I. The van der Waals surface area contributed by atoms with Gasteiger partial charge in [0.1, 0.15) is 3.70 Å². The fourth-order valence-corrected chi connectivity index (χ4v) is 2.23. The van der Waals surface area contributed by atoms with E-state index in [1.54, 1.807) is 6.20 Å². The molecule has 0 saturated heterocycles. The Hall–Kier alpha value is -0.980. The molecule has 4 nitrogen and oxygen atoms in total. The molecule has 90 valence electrons. The number of hydrogen-bond donors (Lipinski definition) is 0. The number of unbranched alkanes of at least 4 members (excludes halogenated alkanes) is 1. The summed E-state index contributed by atoms with van der Waals surface area (Å²) in [6.07, 6.45) is 5.16. The second-order valence-electron chi connectivity index (χ2n) is 3.91. The van der Waals surface area contributed by atoms with E-state index in [4.69, 9.17) is 0 Å². The van der Waals surface area contributed by atoms with Crippen LogP contribution in [0, 0.1) is 3.70 Å². The van der Waals surface area contributed by atoms with E-state index in [1.165, 1.54) is 6.42 Å². The predicted octanol–water partition coefficient (Wildman–Crippen LogP) is 2.67. The summed E-state index contributed by atoms with van der Waals surface area (Å²) in [4.78, 5) is 4.29. The van der Waals surface area contributed by atoms with Crippen molar-refractivity contribution in [2.75, 3.05) is 0 Å². The first-order valence-corrected chi connectivity index (χ1v) is 6.87. The van der Waals surface area contributed by atoms with Crippen LogP contribution in [0.2, 0.25) is 0 Å². The molecule has 0 saturated carbocycles. The van der Waals surface area contributed by atoms with Crippen LogP contribution in [0.3, 0.4) is 0 Å². The van der Waals surface area contributed by atoms with Crippen LogP contribution in [0.5, 0.6) is 0 Å². The molecule has 0 aliphatic carbocycles. The molecule has 0 unspecified atom stereocenters. The summed E-state index contributed by atoms with van der Waals surface area (Å²) in [7, 11) is 0. The molecular formula is C12H15IN4. The highest BCUT2D eigenvalue weighted by atomic mass is 127. The van der Waals surface area contributed by atoms with Gasteiger partial charge in [-0.25, -0.2) is 4.68 Å². The standard InChI is InChI=1S/C12H15IN4/c1-2-3-7-11-12(13)17(16-15-11)9-10-6-4-5-8-14-10/h4-6,8H,2-3,7,9H2,1H3. The van der Waals surface area contributed by atoms with Gasteiger partial charge >= 0.3 is 0 Å². The third-order valence-electron chi connectivity index (χ3n) is 2.54. The van der Waals surface area contributed by atoms with Crippen molar-refractivity contribution >= 4 is 22.6 Å². The molecule has 0 radical (unpaired) electrons. The second-order valence-corrected chi connectivity index (χ2v) is 4.93. The van der Waals surface area contributed by atoms with Crippen LogP contribution < -0.4 is 0 Å². The summed E-state index contributed by atoms with van der Waals surface area (Å²) in [6, 6.07) is 5.91. The molecule has 0 aromatic carbocycles. The minimum Gasteiger partial charge on any atom is -0.259 e. The van der Waals surface area contributed by atoms with E-state index in [2.05, 4.69) is 44.8 Å². The summed E-state index contributed by atoms with van der Waals surface area (Å²) < 4.78 is 3.04. The molecule has 0 amide bonds. The van der Waals surface area contributed by atoms with Gasteiger partial charge in [0, 0.05) is 6.20 Å². The lowest BCUT2D eigenvalue weighted by Crippen LogP contribution is -2.05. The van der Waals surface area contributed by atoms with Crippen molar-refractivity contribution < 1.29 is 0 Å². The Bertz CT molecular complexity index is 467. The first-order chi connectivity index (χ1) is 8.31. The fraction of sp³-hybridized carbons (Fsp3) is 0.417. The van der Waals surface area contributed by atoms with Gasteiger partial charge in [-0.05, 0) is 47.6 Å². The summed E-state index contributed by atoms with van der Waals surface area (Å²) in [6.45, 7) is 2.88. The van der Waals surface area contributed by atoms with E-state index in [0.717, 1.165) is 27.9 Å². The molecule has 0 aliphatic rings. The van der Waals surface area contributed by atoms with E-state index in [9.17, 15) is 0 Å². The van der Waals surface area contributed by atoms with Crippen molar-refractivity contribution in [2.45, 2.75) is 32.7 Å². The van der Waals surface area contributed by atoms with Crippen molar-refractivity contribution in [3.8, 4) is 0 Å². The number of pyridine rings is 1. The van der Waals surface area contributed by atoms with Gasteiger partial charge in [-0.3, -0.25) is 4.98 Å². The van der Waals surface area contributed by atoms with Gasteiger partial charge in [-0.1, -0.05) is 24.6 Å². The van der Waals surface area contributed by atoms with Gasteiger partial charge < -0.3 is 0 Å². The third kappa shape index (κ3) is 3.24. The Morgan fingerprint density at radius 3 is 2.94 bits per heavy atom. The molecule has 2 aromatic heterocycles. The molecule has 2 rings (SSSR count). The Labute approximate surface area is 115 Å². The van der Waals surface area contributed by atoms with Crippen LogP contribution in [-0.2, 0) is 13.0 Å². The number of hydrogen-bond acceptors (Lipinski definition) is 3. The molecule has 0 atom stereocenters. The average Bonchev–Trinajstić information content (AvgIpc) is 2.70. The van der Waals surface area contributed by atoms with E-state index >= 15 is 0 Å². The summed E-state index contributed by atoms with van der Waals surface area (Å²) in [5, 5.41) is 8.41. The quantitative estimate of drug-likeness (QED) is 0.785. The largest absolute Gasteiger partial charge is 0.259 e. The molecular weight excluding hydrogens is 327 g/mol. The van der Waals surface area contributed by atoms with Crippen molar-refractivity contribution in [1.82, 2.24) is 20.0 Å². The van der Waals surface area contributed by atoms with Gasteiger partial charge in [0.05, 0.1) is 17.9 Å². The lowest BCUT2D eigenvalue weighted by molar-refractivity contribution is 0.626. The van der Waals surface area contributed by atoms with Crippen molar-refractivity contribution in [1.29, 1.82) is 0 Å². The monoisotopic (exact) mass is 342 g/mol. The highest BCUT2D eigenvalue weighted by Crippen LogP contribution is 2.12. The summed E-state index contributed by atoms with van der Waals surface area (Å²) in [5.41, 5.74) is 2.11. The maximum Gasteiger partial charge on any atom is 0.123 e. The second kappa shape index (κ2) is 6.09. The van der Waals surface area contributed by atoms with Crippen LogP contribution >= 0.6 is 22.6 Å². The Morgan fingerprint density at radius 2 is 2.24 bits per heavy atom. The van der Waals surface area contributed by atoms with Crippen molar-refractivity contribution in [3.05, 3.63) is 39.5 Å². The predicted molar refractivity (Wildman–Crippen MR) is 74.7 cm³/mol. The topological polar surface area (TPSA) is 43.6 Å². The van der Waals surface area contributed by atoms with Crippen LogP contribution in [-0.4, -0.2) is 20.0 Å². The normalized spacial score (nSPS) is 10.7. The molecule has 0 aliphatic heterocycles. The molecule has 5 heteroatoms. The van der Waals surface area contributed by atoms with Crippen LogP contribution in [0.4, 0.5) is 0 Å². The Kier molecular flexibility index (Phi) is 4.47. The molecule has 0 N–H and O–H groups in total. The zero-order chi connectivity index (χ0) is 12.1. The maximum absolute atomic E-state index is 4.29. The lowest BCUT2D eigenvalue weighted by Gasteiger charge is -2.01. The molecule has 2 aromatic rings. The summed E-state index contributed by atoms with van der Waals surface area (Å²) in [5.74, 6) is 0. The van der Waals surface area contributed by atoms with Crippen LogP contribution in [0.25, 0.3) is 0 Å². The van der Waals surface area contributed by atoms with Crippen LogP contribution in [0.1, 0.15) is 31.2 Å². The molecule has 17 heavy (non-hydrogen) atoms. The number of halogens is 1. The zero-order valence-electron chi connectivity index (χ0n) is 9.80. The maximum atomic E-state index is 4.29. The Morgan fingerprint density at radius 1 is 1.35 bits per heavy atom. The highest BCUT2D eigenvalue weighted by Gasteiger charge is 2.09. The van der Waals surface area contributed by atoms with Gasteiger partial charge in [0.15, 0.2) is 0 Å². The fourth-order valence-electron chi connectivity index (χ4n) is 1.58. The smallest absolute Gasteiger partial charge is 0.123 e. The molecule has 0 bridgehead atoms. The van der Waals surface area contributed by atoms with Crippen molar-refractivity contribution in [2.24, 2.45) is 0 Å². The molecule has 0 fully saturated rings. The third-order valence-corrected chi connectivity index (χ3v) is 3.72. The van der Waals surface area contributed by atoms with E-state index in [1.807, 2.05) is 22.9 Å². The molecule has 2 heterocycles. The van der Waals surface area contributed by atoms with Crippen molar-refractivity contribution in [3.63, 3.8) is 0 Å². The first kappa shape index (κ1) is 12.5. The van der Waals surface area contributed by atoms with Gasteiger partial charge in [-0.2, -0.15) is 0 Å². The zero-order valence-corrected chi connectivity index (χ0v) is 12.0. The Balaban J connectivity index is 2.09. The van der Waals surface area contributed by atoms with E-state index < -0.39 is 0 Å². The van der Waals surface area contributed by atoms with Crippen LogP contribution in [0.15, 0.2) is 24.4 Å². The van der Waals surface area contributed by atoms with E-state index in [0.29, 0.717) is 6.54 Å². The number of rotatable bonds is 5. The lowest BCUT2D eigenvalue weighted by atomic mass is 10.2. The van der Waals surface area contributed by atoms with Gasteiger partial charge in [0.25, 0.3) is 0 Å². The van der Waals surface area contributed by atoms with Gasteiger partial charge in [0.2, 0.25) is 0 Å². The minimum absolute atomic E-state index is 0.693. The average molecular weight is 342 g/mol. The minimum atomic E-state index is 0.693. The first-order valence-electron chi connectivity index (χ1n) is 5.79. The van der Waals surface area contributed by atoms with E-state index in [-0.39, 0.29) is 0 Å². The molecule has 0 spiro atoms. The number of aromatic nitrogens is 4. The number of nitrogens with zero attached hydrogens (tertiary/aromatic N) is 4.